The van der Waals surface area contributed by atoms with E-state index in [1.807, 2.05) is 0 Å². The maximum Gasteiger partial charge on any atom is 0.333 e. The van der Waals surface area contributed by atoms with Gasteiger partial charge in [-0.2, -0.15) is 0 Å². The first-order valence-electron chi connectivity index (χ1n) is 3.25. The summed E-state index contributed by atoms with van der Waals surface area (Å²) in [6.45, 7) is 3.35. The van der Waals surface area contributed by atoms with Crippen LogP contribution in [-0.2, 0) is 9.59 Å². The zero-order chi connectivity index (χ0) is 10.9. The molecule has 0 aromatic rings. The Bertz CT molecular complexity index is 180. The Kier molecular flexibility index (Phi) is 10.0. The van der Waals surface area contributed by atoms with Crippen LogP contribution in [-0.4, -0.2) is 39.2 Å². The Balaban J connectivity index is 0. The van der Waals surface area contributed by atoms with Crippen molar-refractivity contribution in [3.8, 4) is 0 Å². The molecular weight excluding hydrogens is 200 g/mol. The van der Waals surface area contributed by atoms with Gasteiger partial charge in [0.1, 0.15) is 0 Å². The van der Waals surface area contributed by atoms with Crippen LogP contribution in [0.25, 0.3) is 0 Å². The van der Waals surface area contributed by atoms with Crippen LogP contribution in [0.5, 0.6) is 0 Å². The van der Waals surface area contributed by atoms with Crippen molar-refractivity contribution in [1.29, 1.82) is 0 Å². The maximum atomic E-state index is 9.72. The van der Waals surface area contributed by atoms with Crippen LogP contribution in [0.15, 0.2) is 12.7 Å². The molecule has 6 heteroatoms. The molecule has 0 rings (SSSR count). The van der Waals surface area contributed by atoms with Crippen LogP contribution in [0, 0.1) is 0 Å². The standard InChI is InChI=1S/C4H6O5.C3H5Cl/c5-2(4(8)9)1-3(6)7;1-2-3-4/h2,5H,1H2,(H,6,7)(H,8,9);2H,1,3H2. The second-order valence-electron chi connectivity index (χ2n) is 1.89. The lowest BCUT2D eigenvalue weighted by Crippen LogP contribution is -2.22. The number of alkyl halides is 1. The predicted molar refractivity (Wildman–Crippen MR) is 46.8 cm³/mol. The molecule has 5 nitrogen and oxygen atoms in total. The Morgan fingerprint density at radius 1 is 1.46 bits per heavy atom. The molecule has 13 heavy (non-hydrogen) atoms. The van der Waals surface area contributed by atoms with E-state index in [1.54, 1.807) is 6.08 Å². The summed E-state index contributed by atoms with van der Waals surface area (Å²) >= 11 is 5.07. The Morgan fingerprint density at radius 2 is 1.85 bits per heavy atom. The van der Waals surface area contributed by atoms with Crippen LogP contribution in [0.1, 0.15) is 6.42 Å². The highest BCUT2D eigenvalue weighted by molar-refractivity contribution is 6.18. The molecule has 1 unspecified atom stereocenters. The lowest BCUT2D eigenvalue weighted by atomic mass is 10.3. The zero-order valence-electron chi connectivity index (χ0n) is 6.81. The summed E-state index contributed by atoms with van der Waals surface area (Å²) in [5, 5.41) is 24.1. The highest BCUT2D eigenvalue weighted by Crippen LogP contribution is 1.89. The summed E-state index contributed by atoms with van der Waals surface area (Å²) in [7, 11) is 0. The third-order valence-electron chi connectivity index (χ3n) is 0.762. The van der Waals surface area contributed by atoms with Gasteiger partial charge in [0.15, 0.2) is 6.10 Å². The molecule has 76 valence electrons. The second-order valence-corrected chi connectivity index (χ2v) is 2.20. The first kappa shape index (κ1) is 14.5. The minimum Gasteiger partial charge on any atom is -0.481 e. The lowest BCUT2D eigenvalue weighted by Gasteiger charge is -1.97. The molecule has 0 fully saturated rings. The van der Waals surface area contributed by atoms with E-state index in [0.29, 0.717) is 5.88 Å². The summed E-state index contributed by atoms with van der Waals surface area (Å²) in [6.07, 6.45) is -0.904. The number of carboxylic acids is 2. The highest BCUT2D eigenvalue weighted by atomic mass is 35.5. The van der Waals surface area contributed by atoms with Gasteiger partial charge in [-0.25, -0.2) is 4.79 Å². The second kappa shape index (κ2) is 9.02. The van der Waals surface area contributed by atoms with E-state index in [4.69, 9.17) is 26.9 Å². The Labute approximate surface area is 80.3 Å². The summed E-state index contributed by atoms with van der Waals surface area (Å²) in [4.78, 5) is 19.4. The van der Waals surface area contributed by atoms with Crippen molar-refractivity contribution in [2.75, 3.05) is 5.88 Å². The molecule has 0 saturated heterocycles. The van der Waals surface area contributed by atoms with Gasteiger partial charge in [-0.3, -0.25) is 4.79 Å². The predicted octanol–water partition coefficient (Wildman–Crippen LogP) is 0.318. The van der Waals surface area contributed by atoms with Crippen molar-refractivity contribution < 1.29 is 24.9 Å². The molecule has 0 aliphatic heterocycles. The first-order valence-corrected chi connectivity index (χ1v) is 3.78. The topological polar surface area (TPSA) is 94.8 Å². The van der Waals surface area contributed by atoms with E-state index in [9.17, 15) is 9.59 Å². The number of hydrogen-bond donors (Lipinski definition) is 3. The van der Waals surface area contributed by atoms with Crippen LogP contribution < -0.4 is 0 Å². The smallest absolute Gasteiger partial charge is 0.333 e. The van der Waals surface area contributed by atoms with Gasteiger partial charge in [0, 0.05) is 5.88 Å². The molecule has 0 aromatic heterocycles. The molecule has 0 bridgehead atoms. The maximum absolute atomic E-state index is 9.72. The molecule has 0 aliphatic carbocycles. The van der Waals surface area contributed by atoms with Gasteiger partial charge in [-0.05, 0) is 0 Å². The van der Waals surface area contributed by atoms with E-state index in [2.05, 4.69) is 6.58 Å². The molecule has 0 saturated carbocycles. The number of aliphatic hydroxyl groups is 1. The number of hydrogen-bond acceptors (Lipinski definition) is 3. The van der Waals surface area contributed by atoms with Crippen LogP contribution in [0.4, 0.5) is 0 Å². The summed E-state index contributed by atoms with van der Waals surface area (Å²) < 4.78 is 0. The van der Waals surface area contributed by atoms with E-state index in [0.717, 1.165) is 0 Å². The lowest BCUT2D eigenvalue weighted by molar-refractivity contribution is -0.152. The largest absolute Gasteiger partial charge is 0.481 e. The van der Waals surface area contributed by atoms with Crippen LogP contribution in [0.2, 0.25) is 0 Å². The minimum atomic E-state index is -1.79. The van der Waals surface area contributed by atoms with E-state index < -0.39 is 24.5 Å². The summed E-state index contributed by atoms with van der Waals surface area (Å²) in [6, 6.07) is 0. The number of carbonyl (C=O) groups is 2. The van der Waals surface area contributed by atoms with Crippen molar-refractivity contribution in [3.05, 3.63) is 12.7 Å². The van der Waals surface area contributed by atoms with Crippen molar-refractivity contribution in [1.82, 2.24) is 0 Å². The van der Waals surface area contributed by atoms with Crippen molar-refractivity contribution in [2.24, 2.45) is 0 Å². The molecule has 0 radical (unpaired) electrons. The fraction of sp³-hybridized carbons (Fsp3) is 0.429. The van der Waals surface area contributed by atoms with Gasteiger partial charge in [-0.1, -0.05) is 6.08 Å². The van der Waals surface area contributed by atoms with Crippen LogP contribution >= 0.6 is 11.6 Å². The van der Waals surface area contributed by atoms with Gasteiger partial charge in [0.25, 0.3) is 0 Å². The normalized spacial score (nSPS) is 10.6. The summed E-state index contributed by atoms with van der Waals surface area (Å²) in [5.74, 6) is -2.29. The molecule has 1 atom stereocenters. The van der Waals surface area contributed by atoms with E-state index in [1.165, 1.54) is 0 Å². The average molecular weight is 211 g/mol. The van der Waals surface area contributed by atoms with Gasteiger partial charge >= 0.3 is 11.9 Å². The SMILES string of the molecule is C=CCCl.O=C(O)CC(O)C(=O)O. The van der Waals surface area contributed by atoms with Gasteiger partial charge in [-0.15, -0.1) is 18.2 Å². The molecule has 0 amide bonds. The molecule has 0 spiro atoms. The van der Waals surface area contributed by atoms with Crippen molar-refractivity contribution >= 4 is 23.5 Å². The molecule has 0 heterocycles. The molecule has 0 aliphatic rings. The fourth-order valence-corrected chi connectivity index (χ4v) is 0.253. The Hall–Kier alpha value is -1.07. The molecule has 0 aromatic carbocycles. The summed E-state index contributed by atoms with van der Waals surface area (Å²) in [5.41, 5.74) is 0. The third kappa shape index (κ3) is 13.9. The number of aliphatic carboxylic acids is 2. The first-order chi connectivity index (χ1) is 5.95. The molecular formula is C7H11ClO5. The van der Waals surface area contributed by atoms with Gasteiger partial charge in [0.2, 0.25) is 0 Å². The van der Waals surface area contributed by atoms with Crippen molar-refractivity contribution in [3.63, 3.8) is 0 Å². The number of allylic oxidation sites excluding steroid dienone is 1. The van der Waals surface area contributed by atoms with Gasteiger partial charge in [0.05, 0.1) is 6.42 Å². The number of rotatable bonds is 4. The molecule has 3 N–H and O–H groups in total. The number of halogens is 1. The van der Waals surface area contributed by atoms with E-state index in [-0.39, 0.29) is 0 Å². The number of aliphatic hydroxyl groups excluding tert-OH is 1. The van der Waals surface area contributed by atoms with Crippen molar-refractivity contribution in [2.45, 2.75) is 12.5 Å². The number of carboxylic acid groups (broad SMARTS) is 2. The Morgan fingerprint density at radius 3 is 1.92 bits per heavy atom. The van der Waals surface area contributed by atoms with Gasteiger partial charge < -0.3 is 15.3 Å². The average Bonchev–Trinajstić information content (AvgIpc) is 2.03. The van der Waals surface area contributed by atoms with E-state index >= 15 is 0 Å². The highest BCUT2D eigenvalue weighted by Gasteiger charge is 2.16. The minimum absolute atomic E-state index is 0.556. The monoisotopic (exact) mass is 210 g/mol. The third-order valence-corrected chi connectivity index (χ3v) is 0.980. The zero-order valence-corrected chi connectivity index (χ0v) is 7.57. The quantitative estimate of drug-likeness (QED) is 0.459. The van der Waals surface area contributed by atoms with Crippen LogP contribution in [0.3, 0.4) is 0 Å². The fourth-order valence-electron chi connectivity index (χ4n) is 0.253.